The molecule has 172 valence electrons. The Morgan fingerprint density at radius 3 is 2.61 bits per heavy atom. The van der Waals surface area contributed by atoms with Crippen molar-refractivity contribution in [2.24, 2.45) is 5.41 Å². The first-order chi connectivity index (χ1) is 15.6. The van der Waals surface area contributed by atoms with E-state index in [1.807, 2.05) is 6.08 Å². The zero-order chi connectivity index (χ0) is 23.9. The van der Waals surface area contributed by atoms with Gasteiger partial charge in [-0.3, -0.25) is 4.79 Å². The van der Waals surface area contributed by atoms with Gasteiger partial charge in [-0.2, -0.15) is 0 Å². The third-order valence-corrected chi connectivity index (χ3v) is 8.85. The van der Waals surface area contributed by atoms with Crippen LogP contribution in [-0.2, 0) is 9.59 Å². The van der Waals surface area contributed by atoms with E-state index in [0.29, 0.717) is 5.70 Å². The van der Waals surface area contributed by atoms with Crippen molar-refractivity contribution in [2.75, 3.05) is 25.5 Å². The molecule has 0 spiro atoms. The maximum atomic E-state index is 12.7. The number of benzene rings is 1. The minimum absolute atomic E-state index is 0.0960. The zero-order valence-corrected chi connectivity index (χ0v) is 21.7. The van der Waals surface area contributed by atoms with Gasteiger partial charge in [-0.05, 0) is 0 Å². The van der Waals surface area contributed by atoms with E-state index < -0.39 is 12.5 Å². The molecule has 33 heavy (non-hydrogen) atoms. The van der Waals surface area contributed by atoms with Gasteiger partial charge in [0.15, 0.2) is 0 Å². The number of amides is 1. The summed E-state index contributed by atoms with van der Waals surface area (Å²) < 4.78 is 2.74. The predicted molar refractivity (Wildman–Crippen MR) is 135 cm³/mol. The number of hydrogen-bond donors (Lipinski definition) is 1. The topological polar surface area (TPSA) is 64.1 Å². The van der Waals surface area contributed by atoms with Crippen LogP contribution in [0.25, 0.3) is 0 Å². The molecule has 0 bridgehead atoms. The Bertz CT molecular complexity index is 1170. The molecule has 1 fully saturated rings. The van der Waals surface area contributed by atoms with Gasteiger partial charge in [-0.25, -0.2) is 0 Å². The molecule has 2 heterocycles. The van der Waals surface area contributed by atoms with Crippen molar-refractivity contribution in [2.45, 2.75) is 26.7 Å². The molecule has 1 saturated heterocycles. The summed E-state index contributed by atoms with van der Waals surface area (Å²) in [6.45, 7) is 4.08. The van der Waals surface area contributed by atoms with Crippen molar-refractivity contribution in [3.8, 4) is 0 Å². The molecule has 0 atom stereocenters. The van der Waals surface area contributed by atoms with Crippen LogP contribution in [0.4, 0.5) is 5.69 Å². The number of carbonyl (C=O) groups excluding carboxylic acids is 1. The van der Waals surface area contributed by atoms with Gasteiger partial charge in [0.1, 0.15) is 0 Å². The summed E-state index contributed by atoms with van der Waals surface area (Å²) in [5.41, 5.74) is 4.18. The Hall–Kier alpha value is -2.67. The van der Waals surface area contributed by atoms with Crippen LogP contribution in [-0.4, -0.2) is 67.5 Å². The van der Waals surface area contributed by atoms with Gasteiger partial charge in [0.05, 0.1) is 0 Å². The van der Waals surface area contributed by atoms with Gasteiger partial charge in [-0.1, -0.05) is 0 Å². The second kappa shape index (κ2) is 8.93. The van der Waals surface area contributed by atoms with Crippen LogP contribution < -0.4 is 9.36 Å². The molecule has 2 aliphatic heterocycles. The molecule has 1 aliphatic carbocycles. The molecule has 0 saturated carbocycles. The number of likely N-dealkylation sites (N-methyl/N-ethyl adjacent to an activating group) is 1. The second-order valence-electron chi connectivity index (χ2n) is 9.27. The minimum atomic E-state index is -1.09. The van der Waals surface area contributed by atoms with Gasteiger partial charge in [0, 0.05) is 0 Å². The van der Waals surface area contributed by atoms with Crippen LogP contribution in [0.2, 0.25) is 0 Å². The average Bonchev–Trinajstić information content (AvgIpc) is 3.14. The van der Waals surface area contributed by atoms with E-state index in [0.717, 1.165) is 23.3 Å². The summed E-state index contributed by atoms with van der Waals surface area (Å²) in [6.07, 6.45) is 10.1. The van der Waals surface area contributed by atoms with E-state index in [1.54, 1.807) is 18.0 Å². The number of carboxylic acids is 1. The molecule has 8 heteroatoms. The van der Waals surface area contributed by atoms with Crippen LogP contribution in [0.15, 0.2) is 70.0 Å². The number of allylic oxidation sites excluding steroid dienone is 6. The fourth-order valence-corrected chi connectivity index (χ4v) is 7.02. The number of fused-ring (bicyclic) bond motifs is 1. The summed E-state index contributed by atoms with van der Waals surface area (Å²) in [5, 5.41) is 9.29. The Kier molecular flexibility index (Phi) is 6.36. The molecular formula is C25H27N3O3SSe. The van der Waals surface area contributed by atoms with Crippen molar-refractivity contribution < 1.29 is 14.7 Å². The van der Waals surface area contributed by atoms with Crippen LogP contribution in [0.5, 0.6) is 0 Å². The van der Waals surface area contributed by atoms with Crippen LogP contribution in [0.3, 0.4) is 0 Å². The van der Waals surface area contributed by atoms with E-state index in [-0.39, 0.29) is 31.4 Å². The third-order valence-electron chi connectivity index (χ3n) is 5.91. The van der Waals surface area contributed by atoms with Crippen LogP contribution >= 0.6 is 12.2 Å². The number of carboxylic acid groups (broad SMARTS) is 1. The molecule has 4 rings (SSSR count). The normalized spacial score (nSPS) is 23.7. The van der Waals surface area contributed by atoms with Crippen molar-refractivity contribution in [1.29, 1.82) is 0 Å². The summed E-state index contributed by atoms with van der Waals surface area (Å²) in [4.78, 5) is 28.8. The van der Waals surface area contributed by atoms with Gasteiger partial charge in [0.2, 0.25) is 0 Å². The van der Waals surface area contributed by atoms with Gasteiger partial charge < -0.3 is 5.11 Å². The van der Waals surface area contributed by atoms with Gasteiger partial charge in [-0.15, -0.1) is 0 Å². The standard InChI is InChI=1S/C25H27N3O3SSe/c1-25(2)13-16(9-10-19-23(31)28(15-22(29)30)24(32)27(19)4)11-17(14-25)12-21-26(3)18-7-5-6-8-20(18)33-21/h5-12H,13-15H2,1-4H3,(H,29,30)/b16-9-,19-10+,21-12-. The molecule has 1 aromatic carbocycles. The predicted octanol–water partition coefficient (Wildman–Crippen LogP) is 3.01. The monoisotopic (exact) mass is 529 g/mol. The number of nitrogens with zero attached hydrogens (tertiary/aromatic N) is 3. The fourth-order valence-electron chi connectivity index (χ4n) is 4.41. The molecule has 1 aromatic rings. The summed E-state index contributed by atoms with van der Waals surface area (Å²) in [7, 11) is 3.82. The number of carbonyl (C=O) groups is 2. The first kappa shape index (κ1) is 23.5. The molecule has 3 aliphatic rings. The Balaban J connectivity index is 1.62. The van der Waals surface area contributed by atoms with Crippen molar-refractivity contribution in [1.82, 2.24) is 9.80 Å². The number of hydrogen-bond acceptors (Lipinski definition) is 4. The second-order valence-corrected chi connectivity index (χ2v) is 11.9. The van der Waals surface area contributed by atoms with E-state index in [1.165, 1.54) is 20.3 Å². The summed E-state index contributed by atoms with van der Waals surface area (Å²) in [5.74, 6) is -1.47. The molecule has 1 N–H and O–H groups in total. The molecule has 1 amide bonds. The Labute approximate surface area is 206 Å². The van der Waals surface area contributed by atoms with Crippen molar-refractivity contribution >= 4 is 54.3 Å². The molecule has 0 radical (unpaired) electrons. The first-order valence-electron chi connectivity index (χ1n) is 10.7. The fraction of sp³-hybridized carbons (Fsp3) is 0.320. The van der Waals surface area contributed by atoms with E-state index in [4.69, 9.17) is 17.3 Å². The van der Waals surface area contributed by atoms with E-state index in [2.05, 4.69) is 62.2 Å². The number of para-hydroxylation sites is 1. The molecule has 0 unspecified atom stereocenters. The Morgan fingerprint density at radius 2 is 1.91 bits per heavy atom. The van der Waals surface area contributed by atoms with Crippen LogP contribution in [0, 0.1) is 5.41 Å². The number of aliphatic carboxylic acids is 1. The number of thiocarbonyl (C=S) groups is 1. The Morgan fingerprint density at radius 1 is 1.18 bits per heavy atom. The first-order valence-corrected chi connectivity index (χ1v) is 12.8. The van der Waals surface area contributed by atoms with Crippen molar-refractivity contribution in [3.05, 3.63) is 70.0 Å². The quantitative estimate of drug-likeness (QED) is 0.369. The number of anilines is 1. The number of rotatable bonds is 4. The third kappa shape index (κ3) is 4.83. The summed E-state index contributed by atoms with van der Waals surface area (Å²) in [6, 6.07) is 8.55. The SMILES string of the molecule is CN1C(=S)N(CC(=O)O)C(=O)/C1=C\C=C1C=C(/C=C2\[Se]c3ccccc3N2C)CC(C)(C)C\1. The maximum absolute atomic E-state index is 12.7. The van der Waals surface area contributed by atoms with Crippen molar-refractivity contribution in [3.63, 3.8) is 0 Å². The van der Waals surface area contributed by atoms with Gasteiger partial charge in [0.25, 0.3) is 0 Å². The van der Waals surface area contributed by atoms with E-state index >= 15 is 0 Å². The molecular weight excluding hydrogens is 501 g/mol. The summed E-state index contributed by atoms with van der Waals surface area (Å²) >= 11 is 5.55. The van der Waals surface area contributed by atoms with E-state index in [9.17, 15) is 9.59 Å². The zero-order valence-electron chi connectivity index (χ0n) is 19.2. The van der Waals surface area contributed by atoms with Crippen LogP contribution in [0.1, 0.15) is 26.7 Å². The molecule has 6 nitrogen and oxygen atoms in total. The van der Waals surface area contributed by atoms with Gasteiger partial charge >= 0.3 is 197 Å². The molecule has 0 aromatic heterocycles. The average molecular weight is 529 g/mol.